The van der Waals surface area contributed by atoms with Crippen molar-refractivity contribution in [1.82, 2.24) is 9.97 Å². The summed E-state index contributed by atoms with van der Waals surface area (Å²) < 4.78 is 0. The maximum absolute atomic E-state index is 11.3. The van der Waals surface area contributed by atoms with Gasteiger partial charge in [0, 0.05) is 5.69 Å². The molecule has 0 saturated carbocycles. The van der Waals surface area contributed by atoms with Crippen LogP contribution in [0, 0.1) is 0 Å². The summed E-state index contributed by atoms with van der Waals surface area (Å²) in [5.74, 6) is 0.112. The monoisotopic (exact) mass is 241 g/mol. The lowest BCUT2D eigenvalue weighted by Crippen LogP contribution is -2.16. The largest absolute Gasteiger partial charge is 0.364 e. The van der Waals surface area contributed by atoms with Crippen molar-refractivity contribution in [2.75, 3.05) is 16.9 Å². The van der Waals surface area contributed by atoms with E-state index in [1.165, 1.54) is 6.33 Å². The van der Waals surface area contributed by atoms with Crippen LogP contribution in [-0.2, 0) is 0 Å². The quantitative estimate of drug-likeness (QED) is 0.822. The highest BCUT2D eigenvalue weighted by Gasteiger charge is 2.26. The molecule has 1 aliphatic heterocycles. The maximum Gasteiger partial charge on any atom is 0.269 e. The number of aromatic nitrogens is 2. The number of amides is 1. The summed E-state index contributed by atoms with van der Waals surface area (Å²) in [4.78, 5) is 21.3. The number of benzene rings is 1. The molecule has 6 nitrogen and oxygen atoms in total. The number of carbonyl (C=O) groups excluding carboxylic acids is 1. The van der Waals surface area contributed by atoms with Gasteiger partial charge in [0.1, 0.15) is 12.0 Å². The van der Waals surface area contributed by atoms with Crippen molar-refractivity contribution < 1.29 is 4.79 Å². The van der Waals surface area contributed by atoms with E-state index in [-0.39, 0.29) is 5.69 Å². The Labute approximate surface area is 103 Å². The van der Waals surface area contributed by atoms with Crippen LogP contribution in [0.5, 0.6) is 0 Å². The van der Waals surface area contributed by atoms with E-state index in [1.807, 2.05) is 35.2 Å². The Balaban J connectivity index is 2.08. The van der Waals surface area contributed by atoms with Gasteiger partial charge in [0.15, 0.2) is 11.5 Å². The van der Waals surface area contributed by atoms with E-state index in [4.69, 9.17) is 5.73 Å². The lowest BCUT2D eigenvalue weighted by Gasteiger charge is -2.16. The van der Waals surface area contributed by atoms with Gasteiger partial charge in [-0.15, -0.1) is 0 Å². The first-order chi connectivity index (χ1) is 8.77. The van der Waals surface area contributed by atoms with Crippen molar-refractivity contribution in [3.8, 4) is 0 Å². The highest BCUT2D eigenvalue weighted by molar-refractivity contribution is 6.00. The molecule has 0 aliphatic carbocycles. The predicted octanol–water partition coefficient (Wildman–Crippen LogP) is 1.10. The van der Waals surface area contributed by atoms with Crippen molar-refractivity contribution in [3.05, 3.63) is 42.4 Å². The SMILES string of the molecule is NC(=O)c1ncnc2c1NCN2c1ccccc1. The number of nitrogens with two attached hydrogens (primary N) is 1. The number of hydrogen-bond acceptors (Lipinski definition) is 5. The molecule has 0 radical (unpaired) electrons. The number of nitrogens with zero attached hydrogens (tertiary/aromatic N) is 3. The number of rotatable bonds is 2. The summed E-state index contributed by atoms with van der Waals surface area (Å²) >= 11 is 0. The number of primary amides is 1. The molecule has 0 unspecified atom stereocenters. The zero-order valence-corrected chi connectivity index (χ0v) is 9.50. The second kappa shape index (κ2) is 3.99. The van der Waals surface area contributed by atoms with Gasteiger partial charge >= 0.3 is 0 Å². The molecule has 3 N–H and O–H groups in total. The average molecular weight is 241 g/mol. The van der Waals surface area contributed by atoms with E-state index < -0.39 is 5.91 Å². The van der Waals surface area contributed by atoms with E-state index >= 15 is 0 Å². The molecular formula is C12H11N5O. The molecule has 0 atom stereocenters. The van der Waals surface area contributed by atoms with Crippen LogP contribution >= 0.6 is 0 Å². The Morgan fingerprint density at radius 1 is 1.28 bits per heavy atom. The second-order valence-corrected chi connectivity index (χ2v) is 3.88. The molecular weight excluding hydrogens is 230 g/mol. The Kier molecular flexibility index (Phi) is 2.33. The van der Waals surface area contributed by atoms with Gasteiger partial charge in [0.25, 0.3) is 5.91 Å². The molecule has 2 aromatic rings. The first kappa shape index (κ1) is 10.5. The molecule has 2 heterocycles. The van der Waals surface area contributed by atoms with Crippen LogP contribution in [0.3, 0.4) is 0 Å². The Morgan fingerprint density at radius 2 is 2.06 bits per heavy atom. The van der Waals surface area contributed by atoms with E-state index in [9.17, 15) is 4.79 Å². The highest BCUT2D eigenvalue weighted by atomic mass is 16.1. The van der Waals surface area contributed by atoms with Crippen LogP contribution in [0.25, 0.3) is 0 Å². The molecule has 1 aromatic carbocycles. The van der Waals surface area contributed by atoms with Gasteiger partial charge < -0.3 is 16.0 Å². The third-order valence-electron chi connectivity index (χ3n) is 2.80. The number of hydrogen-bond donors (Lipinski definition) is 2. The van der Waals surface area contributed by atoms with Gasteiger partial charge in [-0.05, 0) is 12.1 Å². The molecule has 90 valence electrons. The van der Waals surface area contributed by atoms with Crippen molar-refractivity contribution in [2.24, 2.45) is 5.73 Å². The van der Waals surface area contributed by atoms with E-state index in [2.05, 4.69) is 15.3 Å². The minimum atomic E-state index is -0.559. The fourth-order valence-electron chi connectivity index (χ4n) is 1.99. The summed E-state index contributed by atoms with van der Waals surface area (Å²) in [5.41, 5.74) is 7.09. The van der Waals surface area contributed by atoms with Gasteiger partial charge in [-0.1, -0.05) is 18.2 Å². The van der Waals surface area contributed by atoms with Gasteiger partial charge in [-0.2, -0.15) is 0 Å². The Hall–Kier alpha value is -2.63. The normalized spacial score (nSPS) is 13.0. The third kappa shape index (κ3) is 1.55. The fraction of sp³-hybridized carbons (Fsp3) is 0.0833. The molecule has 1 aliphatic rings. The summed E-state index contributed by atoms with van der Waals surface area (Å²) in [6.45, 7) is 0.540. The molecule has 18 heavy (non-hydrogen) atoms. The molecule has 0 bridgehead atoms. The van der Waals surface area contributed by atoms with E-state index in [1.54, 1.807) is 0 Å². The van der Waals surface area contributed by atoms with Gasteiger partial charge in [0.2, 0.25) is 0 Å². The molecule has 3 rings (SSSR count). The Morgan fingerprint density at radius 3 is 2.78 bits per heavy atom. The van der Waals surface area contributed by atoms with Gasteiger partial charge in [0.05, 0.1) is 6.67 Å². The zero-order chi connectivity index (χ0) is 12.5. The molecule has 0 spiro atoms. The average Bonchev–Trinajstić information content (AvgIpc) is 2.83. The first-order valence-corrected chi connectivity index (χ1v) is 5.48. The molecule has 0 fully saturated rings. The molecule has 0 saturated heterocycles. The summed E-state index contributed by atoms with van der Waals surface area (Å²) in [6.07, 6.45) is 1.35. The van der Waals surface area contributed by atoms with Crippen LogP contribution in [-0.4, -0.2) is 22.5 Å². The van der Waals surface area contributed by atoms with Crippen LogP contribution in [0.15, 0.2) is 36.7 Å². The molecule has 1 aromatic heterocycles. The summed E-state index contributed by atoms with van der Waals surface area (Å²) in [7, 11) is 0. The van der Waals surface area contributed by atoms with Crippen molar-refractivity contribution in [3.63, 3.8) is 0 Å². The topological polar surface area (TPSA) is 84.1 Å². The minimum Gasteiger partial charge on any atom is -0.364 e. The van der Waals surface area contributed by atoms with Crippen LogP contribution < -0.4 is 16.0 Å². The lowest BCUT2D eigenvalue weighted by molar-refractivity contribution is 0.0996. The summed E-state index contributed by atoms with van der Waals surface area (Å²) in [5, 5.41) is 3.10. The number of para-hydroxylation sites is 1. The van der Waals surface area contributed by atoms with Crippen molar-refractivity contribution in [2.45, 2.75) is 0 Å². The molecule has 6 heteroatoms. The Bertz CT molecular complexity index is 599. The van der Waals surface area contributed by atoms with Crippen molar-refractivity contribution in [1.29, 1.82) is 0 Å². The second-order valence-electron chi connectivity index (χ2n) is 3.88. The van der Waals surface area contributed by atoms with Crippen LogP contribution in [0.2, 0.25) is 0 Å². The standard InChI is InChI=1S/C12H11N5O/c13-11(18)9-10-12(15-6-14-9)17(7-16-10)8-4-2-1-3-5-8/h1-6,16H,7H2,(H2,13,18). The van der Waals surface area contributed by atoms with Crippen LogP contribution in [0.1, 0.15) is 10.5 Å². The maximum atomic E-state index is 11.3. The number of nitrogens with one attached hydrogen (secondary N) is 1. The number of carbonyl (C=O) groups is 1. The van der Waals surface area contributed by atoms with E-state index in [0.717, 1.165) is 5.69 Å². The smallest absolute Gasteiger partial charge is 0.269 e. The molecule has 1 amide bonds. The first-order valence-electron chi connectivity index (χ1n) is 5.48. The van der Waals surface area contributed by atoms with Gasteiger partial charge in [-0.25, -0.2) is 9.97 Å². The predicted molar refractivity (Wildman–Crippen MR) is 67.6 cm³/mol. The minimum absolute atomic E-state index is 0.221. The van der Waals surface area contributed by atoms with Crippen LogP contribution in [0.4, 0.5) is 17.2 Å². The van der Waals surface area contributed by atoms with E-state index in [0.29, 0.717) is 18.2 Å². The summed E-state index contributed by atoms with van der Waals surface area (Å²) in [6, 6.07) is 9.79. The zero-order valence-electron chi connectivity index (χ0n) is 9.50. The van der Waals surface area contributed by atoms with Crippen molar-refractivity contribution >= 4 is 23.1 Å². The van der Waals surface area contributed by atoms with Gasteiger partial charge in [-0.3, -0.25) is 4.79 Å². The number of anilines is 3. The fourth-order valence-corrected chi connectivity index (χ4v) is 1.99. The number of fused-ring (bicyclic) bond motifs is 1. The third-order valence-corrected chi connectivity index (χ3v) is 2.80. The lowest BCUT2D eigenvalue weighted by atomic mass is 10.3. The highest BCUT2D eigenvalue weighted by Crippen LogP contribution is 2.35.